The van der Waals surface area contributed by atoms with Crippen molar-refractivity contribution in [1.29, 1.82) is 0 Å². The number of hydrogen-bond donors (Lipinski definition) is 3. The highest BCUT2D eigenvalue weighted by Gasteiger charge is 2.32. The number of nitrogens with one attached hydrogen (secondary N) is 1. The van der Waals surface area contributed by atoms with Gasteiger partial charge in [-0.2, -0.15) is 0 Å². The van der Waals surface area contributed by atoms with Crippen LogP contribution >= 0.6 is 0 Å². The summed E-state index contributed by atoms with van der Waals surface area (Å²) in [5.41, 5.74) is 9.86. The second-order valence-corrected chi connectivity index (χ2v) is 5.43. The Hall–Kier alpha value is -1.10. The summed E-state index contributed by atoms with van der Waals surface area (Å²) in [6.07, 6.45) is 3.68. The summed E-state index contributed by atoms with van der Waals surface area (Å²) in [7, 11) is 0. The smallest absolute Gasteiger partial charge is 0.242 e. The van der Waals surface area contributed by atoms with Crippen molar-refractivity contribution in [3.63, 3.8) is 0 Å². The van der Waals surface area contributed by atoms with Crippen LogP contribution in [0.5, 0.6) is 0 Å². The van der Waals surface area contributed by atoms with Crippen molar-refractivity contribution in [3.8, 4) is 0 Å². The van der Waals surface area contributed by atoms with Gasteiger partial charge in [-0.15, -0.1) is 0 Å². The Kier molecular flexibility index (Phi) is 4.51. The molecule has 5 heteroatoms. The van der Waals surface area contributed by atoms with Gasteiger partial charge in [-0.1, -0.05) is 0 Å². The summed E-state index contributed by atoms with van der Waals surface area (Å²) in [4.78, 5) is 23.1. The molecule has 17 heavy (non-hydrogen) atoms. The average Bonchev–Trinajstić information content (AvgIpc) is 2.28. The number of rotatable bonds is 4. The highest BCUT2D eigenvalue weighted by Crippen LogP contribution is 2.28. The first-order chi connectivity index (χ1) is 7.86. The van der Waals surface area contributed by atoms with E-state index in [0.717, 1.165) is 25.7 Å². The van der Waals surface area contributed by atoms with Gasteiger partial charge >= 0.3 is 0 Å². The normalized spacial score (nSPS) is 25.4. The zero-order valence-corrected chi connectivity index (χ0v) is 10.7. The topological polar surface area (TPSA) is 98.2 Å². The first-order valence-electron chi connectivity index (χ1n) is 6.19. The lowest BCUT2D eigenvalue weighted by molar-refractivity contribution is -0.133. The molecular formula is C12H23N3O2. The Labute approximate surface area is 102 Å². The van der Waals surface area contributed by atoms with Gasteiger partial charge in [0, 0.05) is 5.92 Å². The molecule has 1 fully saturated rings. The quantitative estimate of drug-likeness (QED) is 0.652. The van der Waals surface area contributed by atoms with Crippen LogP contribution in [-0.4, -0.2) is 23.9 Å². The first-order valence-corrected chi connectivity index (χ1v) is 6.19. The molecule has 1 aliphatic rings. The summed E-state index contributed by atoms with van der Waals surface area (Å²) in [5, 5.41) is 2.71. The number of primary amides is 1. The number of carbonyl (C=O) groups excluding carboxylic acids is 2. The molecule has 0 heterocycles. The Morgan fingerprint density at radius 1 is 1.24 bits per heavy atom. The maximum atomic E-state index is 12.0. The predicted octanol–water partition coefficient (Wildman–Crippen LogP) is 0.132. The van der Waals surface area contributed by atoms with E-state index in [0.29, 0.717) is 12.5 Å². The van der Waals surface area contributed by atoms with E-state index in [9.17, 15) is 9.59 Å². The van der Waals surface area contributed by atoms with Crippen LogP contribution in [0.25, 0.3) is 0 Å². The van der Waals surface area contributed by atoms with E-state index in [1.165, 1.54) is 0 Å². The third-order valence-electron chi connectivity index (χ3n) is 3.60. The van der Waals surface area contributed by atoms with E-state index >= 15 is 0 Å². The van der Waals surface area contributed by atoms with Crippen molar-refractivity contribution < 1.29 is 9.59 Å². The lowest BCUT2D eigenvalue weighted by Crippen LogP contribution is -2.54. The molecule has 2 amide bonds. The molecule has 0 bridgehead atoms. The fraction of sp³-hybridized carbons (Fsp3) is 0.833. The SMILES string of the molecule is CC(C)(NC(=O)C1CCC(CN)CC1)C(N)=O. The number of carbonyl (C=O) groups is 2. The molecule has 0 atom stereocenters. The molecule has 0 unspecified atom stereocenters. The molecule has 0 spiro atoms. The maximum absolute atomic E-state index is 12.0. The van der Waals surface area contributed by atoms with E-state index in [-0.39, 0.29) is 11.8 Å². The Balaban J connectivity index is 2.47. The molecule has 0 aromatic rings. The molecular weight excluding hydrogens is 218 g/mol. The lowest BCUT2D eigenvalue weighted by Gasteiger charge is -2.30. The van der Waals surface area contributed by atoms with Crippen molar-refractivity contribution in [2.24, 2.45) is 23.3 Å². The lowest BCUT2D eigenvalue weighted by atomic mass is 9.81. The van der Waals surface area contributed by atoms with Gasteiger partial charge < -0.3 is 16.8 Å². The van der Waals surface area contributed by atoms with Crippen LogP contribution in [0.1, 0.15) is 39.5 Å². The van der Waals surface area contributed by atoms with Gasteiger partial charge in [-0.05, 0) is 52.0 Å². The molecule has 0 aromatic carbocycles. The van der Waals surface area contributed by atoms with Crippen LogP contribution in [-0.2, 0) is 9.59 Å². The fourth-order valence-corrected chi connectivity index (χ4v) is 2.13. The second-order valence-electron chi connectivity index (χ2n) is 5.43. The molecule has 1 saturated carbocycles. The minimum atomic E-state index is -0.970. The molecule has 0 saturated heterocycles. The molecule has 0 aromatic heterocycles. The van der Waals surface area contributed by atoms with Gasteiger partial charge in [0.15, 0.2) is 0 Å². The van der Waals surface area contributed by atoms with Crippen molar-refractivity contribution >= 4 is 11.8 Å². The summed E-state index contributed by atoms with van der Waals surface area (Å²) < 4.78 is 0. The summed E-state index contributed by atoms with van der Waals surface area (Å²) >= 11 is 0. The van der Waals surface area contributed by atoms with E-state index in [1.54, 1.807) is 13.8 Å². The molecule has 5 nitrogen and oxygen atoms in total. The van der Waals surface area contributed by atoms with Gasteiger partial charge in [-0.3, -0.25) is 9.59 Å². The van der Waals surface area contributed by atoms with E-state index in [1.807, 2.05) is 0 Å². The molecule has 1 rings (SSSR count). The third-order valence-corrected chi connectivity index (χ3v) is 3.60. The zero-order chi connectivity index (χ0) is 13.1. The Bertz CT molecular complexity index is 294. The highest BCUT2D eigenvalue weighted by atomic mass is 16.2. The predicted molar refractivity (Wildman–Crippen MR) is 65.9 cm³/mol. The average molecular weight is 241 g/mol. The number of hydrogen-bond acceptors (Lipinski definition) is 3. The molecule has 0 aliphatic heterocycles. The van der Waals surface area contributed by atoms with Gasteiger partial charge in [0.25, 0.3) is 0 Å². The van der Waals surface area contributed by atoms with E-state index in [4.69, 9.17) is 11.5 Å². The van der Waals surface area contributed by atoms with E-state index in [2.05, 4.69) is 5.32 Å². The van der Waals surface area contributed by atoms with Crippen LogP contribution in [0.3, 0.4) is 0 Å². The van der Waals surface area contributed by atoms with Crippen LogP contribution in [0.4, 0.5) is 0 Å². The van der Waals surface area contributed by atoms with Crippen molar-refractivity contribution in [2.45, 2.75) is 45.1 Å². The van der Waals surface area contributed by atoms with Crippen LogP contribution in [0.15, 0.2) is 0 Å². The monoisotopic (exact) mass is 241 g/mol. The summed E-state index contributed by atoms with van der Waals surface area (Å²) in [5.74, 6) is -0.0367. The first kappa shape index (κ1) is 14.0. The third kappa shape index (κ3) is 3.70. The van der Waals surface area contributed by atoms with Crippen molar-refractivity contribution in [3.05, 3.63) is 0 Å². The Morgan fingerprint density at radius 3 is 2.18 bits per heavy atom. The molecule has 5 N–H and O–H groups in total. The van der Waals surface area contributed by atoms with E-state index < -0.39 is 11.4 Å². The van der Waals surface area contributed by atoms with Crippen LogP contribution in [0, 0.1) is 11.8 Å². The standard InChI is InChI=1S/C12H23N3O2/c1-12(2,11(14)17)15-10(16)9-5-3-8(7-13)4-6-9/h8-9H,3-7,13H2,1-2H3,(H2,14,17)(H,15,16). The van der Waals surface area contributed by atoms with Gasteiger partial charge in [-0.25, -0.2) is 0 Å². The van der Waals surface area contributed by atoms with Crippen LogP contribution in [0.2, 0.25) is 0 Å². The summed E-state index contributed by atoms with van der Waals surface area (Å²) in [6.45, 7) is 3.94. The van der Waals surface area contributed by atoms with Gasteiger partial charge in [0.05, 0.1) is 0 Å². The summed E-state index contributed by atoms with van der Waals surface area (Å²) in [6, 6.07) is 0. The highest BCUT2D eigenvalue weighted by molar-refractivity contribution is 5.90. The molecule has 98 valence electrons. The molecule has 0 radical (unpaired) electrons. The number of amides is 2. The van der Waals surface area contributed by atoms with Crippen LogP contribution < -0.4 is 16.8 Å². The zero-order valence-electron chi connectivity index (χ0n) is 10.7. The van der Waals surface area contributed by atoms with Crippen molar-refractivity contribution in [1.82, 2.24) is 5.32 Å². The minimum absolute atomic E-state index is 0.00331. The Morgan fingerprint density at radius 2 is 1.76 bits per heavy atom. The fourth-order valence-electron chi connectivity index (χ4n) is 2.13. The second kappa shape index (κ2) is 5.49. The van der Waals surface area contributed by atoms with Crippen molar-refractivity contribution in [2.75, 3.05) is 6.54 Å². The molecule has 1 aliphatic carbocycles. The van der Waals surface area contributed by atoms with Gasteiger partial charge in [0.2, 0.25) is 11.8 Å². The van der Waals surface area contributed by atoms with Gasteiger partial charge in [0.1, 0.15) is 5.54 Å². The largest absolute Gasteiger partial charge is 0.368 e. The maximum Gasteiger partial charge on any atom is 0.242 e. The number of nitrogens with two attached hydrogens (primary N) is 2. The minimum Gasteiger partial charge on any atom is -0.368 e.